The summed E-state index contributed by atoms with van der Waals surface area (Å²) < 4.78 is 17.6. The van der Waals surface area contributed by atoms with E-state index in [1.165, 1.54) is 0 Å². The van der Waals surface area contributed by atoms with Crippen LogP contribution in [0.5, 0.6) is 0 Å². The van der Waals surface area contributed by atoms with Gasteiger partial charge in [-0.1, -0.05) is 11.6 Å². The van der Waals surface area contributed by atoms with Crippen molar-refractivity contribution in [3.05, 3.63) is 34.9 Å². The number of hydrogen-bond acceptors (Lipinski definition) is 3. The first-order chi connectivity index (χ1) is 9.08. The van der Waals surface area contributed by atoms with E-state index in [0.29, 0.717) is 16.3 Å². The molecule has 1 aromatic rings. The first-order valence-electron chi connectivity index (χ1n) is 6.36. The maximum absolute atomic E-state index is 12.2. The standard InChI is InChI=1S/C14H17ClO3S/c1-10(19(17)9-13-3-2-8-18-13)14(16)11-4-6-12(15)7-5-11/h4-7,10,13H,2-3,8-9H2,1H3. The second-order valence-electron chi connectivity index (χ2n) is 4.70. The Bertz CT molecular complexity index is 466. The Morgan fingerprint density at radius 2 is 2.16 bits per heavy atom. The maximum atomic E-state index is 12.2. The van der Waals surface area contributed by atoms with E-state index in [4.69, 9.17) is 16.3 Å². The molecule has 3 nitrogen and oxygen atoms in total. The van der Waals surface area contributed by atoms with Gasteiger partial charge in [0.05, 0.1) is 17.1 Å². The molecule has 1 aliphatic rings. The minimum Gasteiger partial charge on any atom is -0.377 e. The third-order valence-electron chi connectivity index (χ3n) is 3.27. The van der Waals surface area contributed by atoms with Crippen LogP contribution in [0.25, 0.3) is 0 Å². The fraction of sp³-hybridized carbons (Fsp3) is 0.500. The third kappa shape index (κ3) is 3.88. The zero-order valence-corrected chi connectivity index (χ0v) is 12.4. The molecule has 2 rings (SSSR count). The third-order valence-corrected chi connectivity index (χ3v) is 5.22. The van der Waals surface area contributed by atoms with Gasteiger partial charge in [0.15, 0.2) is 5.78 Å². The first-order valence-corrected chi connectivity index (χ1v) is 8.12. The van der Waals surface area contributed by atoms with Crippen molar-refractivity contribution in [3.63, 3.8) is 0 Å². The molecule has 1 aromatic carbocycles. The number of carbonyl (C=O) groups excluding carboxylic acids is 1. The molecule has 104 valence electrons. The highest BCUT2D eigenvalue weighted by atomic mass is 35.5. The van der Waals surface area contributed by atoms with Gasteiger partial charge in [-0.2, -0.15) is 0 Å². The molecular formula is C14H17ClO3S. The predicted octanol–water partition coefficient (Wildman–Crippen LogP) is 2.84. The van der Waals surface area contributed by atoms with Gasteiger partial charge >= 0.3 is 0 Å². The molecule has 0 aromatic heterocycles. The highest BCUT2D eigenvalue weighted by Gasteiger charge is 2.26. The Kier molecular flexibility index (Phi) is 5.13. The van der Waals surface area contributed by atoms with Gasteiger partial charge in [-0.15, -0.1) is 0 Å². The van der Waals surface area contributed by atoms with E-state index in [9.17, 15) is 9.00 Å². The Balaban J connectivity index is 1.97. The summed E-state index contributed by atoms with van der Waals surface area (Å²) in [5.74, 6) is 0.341. The van der Waals surface area contributed by atoms with Crippen molar-refractivity contribution < 1.29 is 13.7 Å². The minimum absolute atomic E-state index is 0.0429. The van der Waals surface area contributed by atoms with Crippen molar-refractivity contribution in [3.8, 4) is 0 Å². The van der Waals surface area contributed by atoms with Gasteiger partial charge in [-0.25, -0.2) is 0 Å². The zero-order chi connectivity index (χ0) is 13.8. The molecule has 0 spiro atoms. The summed E-state index contributed by atoms with van der Waals surface area (Å²) in [6.07, 6.45) is 2.00. The van der Waals surface area contributed by atoms with Crippen LogP contribution in [0.4, 0.5) is 0 Å². The van der Waals surface area contributed by atoms with Gasteiger partial charge in [0, 0.05) is 28.0 Å². The topological polar surface area (TPSA) is 43.4 Å². The van der Waals surface area contributed by atoms with Crippen LogP contribution < -0.4 is 0 Å². The molecule has 5 heteroatoms. The molecule has 0 radical (unpaired) electrons. The minimum atomic E-state index is -1.20. The average Bonchev–Trinajstić information content (AvgIpc) is 2.90. The van der Waals surface area contributed by atoms with Crippen LogP contribution in [0.3, 0.4) is 0 Å². The number of rotatable bonds is 5. The monoisotopic (exact) mass is 300 g/mol. The fourth-order valence-corrected chi connectivity index (χ4v) is 3.49. The molecule has 3 atom stereocenters. The second kappa shape index (κ2) is 6.64. The smallest absolute Gasteiger partial charge is 0.178 e. The van der Waals surface area contributed by atoms with Gasteiger partial charge in [0.1, 0.15) is 0 Å². The highest BCUT2D eigenvalue weighted by Crippen LogP contribution is 2.17. The lowest BCUT2D eigenvalue weighted by Crippen LogP contribution is -2.28. The summed E-state index contributed by atoms with van der Waals surface area (Å²) in [5, 5.41) is 0.0788. The van der Waals surface area contributed by atoms with Crippen molar-refractivity contribution >= 4 is 28.2 Å². The van der Waals surface area contributed by atoms with E-state index >= 15 is 0 Å². The normalized spacial score (nSPS) is 22.1. The highest BCUT2D eigenvalue weighted by molar-refractivity contribution is 7.86. The summed E-state index contributed by atoms with van der Waals surface area (Å²) >= 11 is 5.78. The molecule has 0 bridgehead atoms. The predicted molar refractivity (Wildman–Crippen MR) is 77.2 cm³/mol. The molecular weight excluding hydrogens is 284 g/mol. The summed E-state index contributed by atoms with van der Waals surface area (Å²) in [6.45, 7) is 2.45. The average molecular weight is 301 g/mol. The van der Waals surface area contributed by atoms with Crippen LogP contribution in [0.1, 0.15) is 30.1 Å². The maximum Gasteiger partial charge on any atom is 0.178 e. The summed E-state index contributed by atoms with van der Waals surface area (Å²) in [6, 6.07) is 6.68. The van der Waals surface area contributed by atoms with E-state index < -0.39 is 16.0 Å². The number of halogens is 1. The molecule has 1 aliphatic heterocycles. The van der Waals surface area contributed by atoms with E-state index in [1.54, 1.807) is 31.2 Å². The first kappa shape index (κ1) is 14.7. The van der Waals surface area contributed by atoms with E-state index in [1.807, 2.05) is 0 Å². The van der Waals surface area contributed by atoms with E-state index in [0.717, 1.165) is 19.4 Å². The van der Waals surface area contributed by atoms with Crippen molar-refractivity contribution in [2.24, 2.45) is 0 Å². The summed E-state index contributed by atoms with van der Waals surface area (Å²) in [7, 11) is -1.20. The molecule has 1 heterocycles. The zero-order valence-electron chi connectivity index (χ0n) is 10.8. The van der Waals surface area contributed by atoms with Crippen LogP contribution in [-0.2, 0) is 15.5 Å². The lowest BCUT2D eigenvalue weighted by atomic mass is 10.1. The molecule has 3 unspecified atom stereocenters. The van der Waals surface area contributed by atoms with Crippen molar-refractivity contribution in [2.75, 3.05) is 12.4 Å². The van der Waals surface area contributed by atoms with E-state index in [-0.39, 0.29) is 11.9 Å². The largest absolute Gasteiger partial charge is 0.377 e. The van der Waals surface area contributed by atoms with Gasteiger partial charge in [0.25, 0.3) is 0 Å². The van der Waals surface area contributed by atoms with Crippen LogP contribution in [0.2, 0.25) is 5.02 Å². The SMILES string of the molecule is CC(C(=O)c1ccc(Cl)cc1)S(=O)CC1CCCO1. The number of ether oxygens (including phenoxy) is 1. The van der Waals surface area contributed by atoms with Crippen molar-refractivity contribution in [1.29, 1.82) is 0 Å². The number of hydrogen-bond donors (Lipinski definition) is 0. The quantitative estimate of drug-likeness (QED) is 0.785. The molecule has 0 aliphatic carbocycles. The van der Waals surface area contributed by atoms with Crippen LogP contribution >= 0.6 is 11.6 Å². The number of carbonyl (C=O) groups is 1. The van der Waals surface area contributed by atoms with E-state index in [2.05, 4.69) is 0 Å². The molecule has 0 amide bonds. The van der Waals surface area contributed by atoms with Gasteiger partial charge in [0.2, 0.25) is 0 Å². The number of benzene rings is 1. The summed E-state index contributed by atoms with van der Waals surface area (Å²) in [4.78, 5) is 12.2. The molecule has 19 heavy (non-hydrogen) atoms. The second-order valence-corrected chi connectivity index (χ2v) is 6.93. The Hall–Kier alpha value is -0.710. The van der Waals surface area contributed by atoms with Crippen LogP contribution in [0, 0.1) is 0 Å². The number of ketones is 1. The molecule has 1 fully saturated rings. The fourth-order valence-electron chi connectivity index (χ4n) is 2.07. The Labute approximate surface area is 120 Å². The lowest BCUT2D eigenvalue weighted by Gasteiger charge is -2.14. The van der Waals surface area contributed by atoms with Crippen molar-refractivity contribution in [2.45, 2.75) is 31.1 Å². The van der Waals surface area contributed by atoms with Crippen molar-refractivity contribution in [1.82, 2.24) is 0 Å². The van der Waals surface area contributed by atoms with Crippen LogP contribution in [-0.4, -0.2) is 33.7 Å². The molecule has 1 saturated heterocycles. The Morgan fingerprint density at radius 1 is 1.47 bits per heavy atom. The molecule has 0 saturated carbocycles. The van der Waals surface area contributed by atoms with Crippen LogP contribution in [0.15, 0.2) is 24.3 Å². The Morgan fingerprint density at radius 3 is 2.74 bits per heavy atom. The lowest BCUT2D eigenvalue weighted by molar-refractivity contribution is 0.0991. The molecule has 0 N–H and O–H groups in total. The van der Waals surface area contributed by atoms with Gasteiger partial charge in [-0.3, -0.25) is 9.00 Å². The van der Waals surface area contributed by atoms with Gasteiger partial charge < -0.3 is 4.74 Å². The summed E-state index contributed by atoms with van der Waals surface area (Å²) in [5.41, 5.74) is 0.553. The number of Topliss-reactive ketones (excluding diaryl/α,β-unsaturated/α-hetero) is 1. The van der Waals surface area contributed by atoms with Gasteiger partial charge in [-0.05, 0) is 44.0 Å².